The van der Waals surface area contributed by atoms with Gasteiger partial charge in [-0.25, -0.2) is 4.98 Å². The van der Waals surface area contributed by atoms with Gasteiger partial charge in [0.25, 0.3) is 0 Å². The summed E-state index contributed by atoms with van der Waals surface area (Å²) in [4.78, 5) is 9.13. The van der Waals surface area contributed by atoms with Gasteiger partial charge in [-0.05, 0) is 5.56 Å². The second kappa shape index (κ2) is 6.70. The molecule has 0 N–H and O–H groups in total. The molecular formula is C16H18N4S. The number of anilines is 1. The Morgan fingerprint density at radius 3 is 2.57 bits per heavy atom. The second-order valence-corrected chi connectivity index (χ2v) is 6.00. The van der Waals surface area contributed by atoms with Gasteiger partial charge in [-0.1, -0.05) is 30.3 Å². The van der Waals surface area contributed by atoms with Crippen LogP contribution in [0.4, 0.5) is 5.13 Å². The van der Waals surface area contributed by atoms with E-state index in [4.69, 9.17) is 5.26 Å². The second-order valence-electron chi connectivity index (χ2n) is 5.13. The minimum absolute atomic E-state index is 0.203. The van der Waals surface area contributed by atoms with Crippen molar-refractivity contribution in [3.8, 4) is 6.07 Å². The predicted octanol–water partition coefficient (Wildman–Crippen LogP) is 2.92. The monoisotopic (exact) mass is 298 g/mol. The zero-order chi connectivity index (χ0) is 14.5. The molecule has 1 saturated heterocycles. The smallest absolute Gasteiger partial charge is 0.185 e. The highest BCUT2D eigenvalue weighted by Crippen LogP contribution is 2.27. The van der Waals surface area contributed by atoms with E-state index in [0.717, 1.165) is 31.3 Å². The molecule has 0 bridgehead atoms. The highest BCUT2D eigenvalue weighted by Gasteiger charge is 2.25. The first-order valence-electron chi connectivity index (χ1n) is 7.19. The number of nitriles is 1. The van der Waals surface area contributed by atoms with Crippen LogP contribution in [-0.2, 0) is 0 Å². The van der Waals surface area contributed by atoms with Crippen LogP contribution in [0.25, 0.3) is 0 Å². The van der Waals surface area contributed by atoms with Crippen LogP contribution in [0.2, 0.25) is 0 Å². The molecule has 0 saturated carbocycles. The summed E-state index contributed by atoms with van der Waals surface area (Å²) in [6.07, 6.45) is 2.40. The largest absolute Gasteiger partial charge is 0.346 e. The normalized spacial score (nSPS) is 17.4. The molecule has 1 unspecified atom stereocenters. The van der Waals surface area contributed by atoms with E-state index < -0.39 is 0 Å². The average molecular weight is 298 g/mol. The molecule has 3 rings (SSSR count). The SMILES string of the molecule is N#CCC(c1ccccc1)N1CCN(c2nccs2)CC1. The first-order chi connectivity index (χ1) is 10.4. The molecule has 1 aromatic carbocycles. The Labute approximate surface area is 129 Å². The number of nitrogens with zero attached hydrogens (tertiary/aromatic N) is 4. The van der Waals surface area contributed by atoms with Crippen LogP contribution < -0.4 is 4.90 Å². The van der Waals surface area contributed by atoms with Crippen LogP contribution in [0, 0.1) is 11.3 Å². The lowest BCUT2D eigenvalue weighted by molar-refractivity contribution is 0.188. The molecule has 1 aliphatic rings. The summed E-state index contributed by atoms with van der Waals surface area (Å²) in [6, 6.07) is 12.9. The zero-order valence-electron chi connectivity index (χ0n) is 11.9. The van der Waals surface area contributed by atoms with Crippen molar-refractivity contribution in [2.75, 3.05) is 31.1 Å². The third-order valence-electron chi connectivity index (χ3n) is 3.91. The molecule has 1 fully saturated rings. The standard InChI is InChI=1S/C16H18N4S/c17-7-6-15(14-4-2-1-3-5-14)19-9-11-20(12-10-19)16-18-8-13-21-16/h1-5,8,13,15H,6,9-12H2. The summed E-state index contributed by atoms with van der Waals surface area (Å²) in [5, 5.41) is 12.3. The fraction of sp³-hybridized carbons (Fsp3) is 0.375. The van der Waals surface area contributed by atoms with Gasteiger partial charge in [-0.2, -0.15) is 5.26 Å². The maximum absolute atomic E-state index is 9.14. The Morgan fingerprint density at radius 2 is 1.95 bits per heavy atom. The van der Waals surface area contributed by atoms with E-state index in [1.807, 2.05) is 29.8 Å². The fourth-order valence-corrected chi connectivity index (χ4v) is 3.51. The molecule has 0 spiro atoms. The van der Waals surface area contributed by atoms with Gasteiger partial charge in [0.1, 0.15) is 0 Å². The summed E-state index contributed by atoms with van der Waals surface area (Å²) < 4.78 is 0. The molecule has 108 valence electrons. The third-order valence-corrected chi connectivity index (χ3v) is 4.75. The summed E-state index contributed by atoms with van der Waals surface area (Å²) >= 11 is 1.69. The summed E-state index contributed by atoms with van der Waals surface area (Å²) in [7, 11) is 0. The summed E-state index contributed by atoms with van der Waals surface area (Å²) in [5.41, 5.74) is 1.24. The fourth-order valence-electron chi connectivity index (χ4n) is 2.82. The summed E-state index contributed by atoms with van der Waals surface area (Å²) in [6.45, 7) is 3.90. The van der Waals surface area contributed by atoms with Crippen molar-refractivity contribution in [3.05, 3.63) is 47.5 Å². The van der Waals surface area contributed by atoms with E-state index >= 15 is 0 Å². The van der Waals surface area contributed by atoms with Gasteiger partial charge in [0.05, 0.1) is 12.5 Å². The van der Waals surface area contributed by atoms with Gasteiger partial charge >= 0.3 is 0 Å². The molecule has 4 nitrogen and oxygen atoms in total. The van der Waals surface area contributed by atoms with Crippen LogP contribution in [0.5, 0.6) is 0 Å². The van der Waals surface area contributed by atoms with Crippen LogP contribution in [0.1, 0.15) is 18.0 Å². The minimum atomic E-state index is 0.203. The van der Waals surface area contributed by atoms with Gasteiger partial charge in [0, 0.05) is 43.8 Å². The molecule has 1 aliphatic heterocycles. The van der Waals surface area contributed by atoms with Crippen molar-refractivity contribution in [1.82, 2.24) is 9.88 Å². The van der Waals surface area contributed by atoms with Crippen molar-refractivity contribution in [1.29, 1.82) is 5.26 Å². The van der Waals surface area contributed by atoms with E-state index in [2.05, 4.69) is 33.0 Å². The zero-order valence-corrected chi connectivity index (χ0v) is 12.7. The quantitative estimate of drug-likeness (QED) is 0.870. The molecule has 2 heterocycles. The minimum Gasteiger partial charge on any atom is -0.346 e. The average Bonchev–Trinajstić information content (AvgIpc) is 3.08. The molecule has 21 heavy (non-hydrogen) atoms. The Kier molecular flexibility index (Phi) is 4.49. The van der Waals surface area contributed by atoms with E-state index in [1.165, 1.54) is 5.56 Å². The number of hydrogen-bond donors (Lipinski definition) is 0. The molecule has 1 atom stereocenters. The van der Waals surface area contributed by atoms with Crippen molar-refractivity contribution in [2.24, 2.45) is 0 Å². The van der Waals surface area contributed by atoms with Gasteiger partial charge < -0.3 is 4.90 Å². The van der Waals surface area contributed by atoms with E-state index in [-0.39, 0.29) is 6.04 Å². The number of benzene rings is 1. The Bertz CT molecular complexity index is 582. The predicted molar refractivity (Wildman–Crippen MR) is 85.3 cm³/mol. The Balaban J connectivity index is 1.68. The van der Waals surface area contributed by atoms with Gasteiger partial charge in [-0.15, -0.1) is 11.3 Å². The van der Waals surface area contributed by atoms with Crippen LogP contribution in [0.3, 0.4) is 0 Å². The number of rotatable bonds is 4. The maximum Gasteiger partial charge on any atom is 0.185 e. The van der Waals surface area contributed by atoms with Crippen molar-refractivity contribution in [3.63, 3.8) is 0 Å². The number of piperazine rings is 1. The topological polar surface area (TPSA) is 43.2 Å². The Hall–Kier alpha value is -1.90. The van der Waals surface area contributed by atoms with Crippen LogP contribution in [0.15, 0.2) is 41.9 Å². The molecule has 0 radical (unpaired) electrons. The molecular weight excluding hydrogens is 280 g/mol. The van der Waals surface area contributed by atoms with Gasteiger partial charge in [-0.3, -0.25) is 4.90 Å². The lowest BCUT2D eigenvalue weighted by Gasteiger charge is -2.38. The molecule has 1 aromatic heterocycles. The Morgan fingerprint density at radius 1 is 1.19 bits per heavy atom. The van der Waals surface area contributed by atoms with E-state index in [0.29, 0.717) is 6.42 Å². The third kappa shape index (κ3) is 3.23. The summed E-state index contributed by atoms with van der Waals surface area (Å²) in [5.74, 6) is 0. The lowest BCUT2D eigenvalue weighted by atomic mass is 10.0. The van der Waals surface area contributed by atoms with Crippen LogP contribution in [-0.4, -0.2) is 36.1 Å². The number of thiazole rings is 1. The molecule has 0 amide bonds. The van der Waals surface area contributed by atoms with Gasteiger partial charge in [0.15, 0.2) is 5.13 Å². The van der Waals surface area contributed by atoms with Crippen LogP contribution >= 0.6 is 11.3 Å². The highest BCUT2D eigenvalue weighted by molar-refractivity contribution is 7.13. The highest BCUT2D eigenvalue weighted by atomic mass is 32.1. The molecule has 5 heteroatoms. The first-order valence-corrected chi connectivity index (χ1v) is 8.07. The maximum atomic E-state index is 9.14. The van der Waals surface area contributed by atoms with Crippen molar-refractivity contribution < 1.29 is 0 Å². The van der Waals surface area contributed by atoms with Crippen molar-refractivity contribution in [2.45, 2.75) is 12.5 Å². The van der Waals surface area contributed by atoms with E-state index in [1.54, 1.807) is 11.3 Å². The molecule has 2 aromatic rings. The number of hydrogen-bond acceptors (Lipinski definition) is 5. The molecule has 0 aliphatic carbocycles. The van der Waals surface area contributed by atoms with Gasteiger partial charge in [0.2, 0.25) is 0 Å². The van der Waals surface area contributed by atoms with Crippen molar-refractivity contribution >= 4 is 16.5 Å². The number of aromatic nitrogens is 1. The lowest BCUT2D eigenvalue weighted by Crippen LogP contribution is -2.47. The first kappa shape index (κ1) is 14.1. The van der Waals surface area contributed by atoms with E-state index in [9.17, 15) is 0 Å².